The first-order valence-corrected chi connectivity index (χ1v) is 6.25. The Balaban J connectivity index is 2.20. The van der Waals surface area contributed by atoms with Crippen molar-refractivity contribution in [3.05, 3.63) is 0 Å². The second-order valence-corrected chi connectivity index (χ2v) is 4.28. The van der Waals surface area contributed by atoms with E-state index in [9.17, 15) is 4.79 Å². The van der Waals surface area contributed by atoms with Crippen LogP contribution in [0.1, 0.15) is 39.0 Å². The van der Waals surface area contributed by atoms with Crippen LogP contribution in [0.25, 0.3) is 0 Å². The highest BCUT2D eigenvalue weighted by atomic mass is 16.2. The highest BCUT2D eigenvalue weighted by molar-refractivity contribution is 5.83. The Hall–Kier alpha value is -1.01. The van der Waals surface area contributed by atoms with Crippen LogP contribution in [-0.4, -0.2) is 36.5 Å². The van der Waals surface area contributed by atoms with Gasteiger partial charge in [0.25, 0.3) is 0 Å². The number of amides is 1. The number of hydrogen-bond acceptors (Lipinski definition) is 2. The molecule has 0 radical (unpaired) electrons. The molecule has 0 aromatic heterocycles. The zero-order valence-corrected chi connectivity index (χ0v) is 10.2. The van der Waals surface area contributed by atoms with Crippen molar-refractivity contribution in [2.75, 3.05) is 19.6 Å². The molecule has 1 heterocycles. The van der Waals surface area contributed by atoms with E-state index in [-0.39, 0.29) is 11.9 Å². The molecule has 1 fully saturated rings. The van der Waals surface area contributed by atoms with Crippen molar-refractivity contribution in [2.45, 2.75) is 45.1 Å². The first kappa shape index (κ1) is 13.1. The van der Waals surface area contributed by atoms with Gasteiger partial charge in [-0.05, 0) is 32.2 Å². The number of terminal acetylenes is 1. The van der Waals surface area contributed by atoms with E-state index in [0.717, 1.165) is 51.7 Å². The minimum Gasteiger partial charge on any atom is -0.341 e. The predicted octanol–water partition coefficient (Wildman–Crippen LogP) is 1.39. The summed E-state index contributed by atoms with van der Waals surface area (Å²) < 4.78 is 0. The van der Waals surface area contributed by atoms with Crippen molar-refractivity contribution in [2.24, 2.45) is 0 Å². The van der Waals surface area contributed by atoms with Gasteiger partial charge in [0.2, 0.25) is 5.91 Å². The van der Waals surface area contributed by atoms with Crippen LogP contribution in [0.4, 0.5) is 0 Å². The lowest BCUT2D eigenvalue weighted by atomic mass is 10.2. The normalized spacial score (nSPS) is 20.1. The molecular formula is C13H22N2O. The van der Waals surface area contributed by atoms with Crippen LogP contribution in [0.15, 0.2) is 0 Å². The van der Waals surface area contributed by atoms with E-state index < -0.39 is 0 Å². The standard InChI is InChI=1S/C13H22N2O/c1-3-5-6-7-10-15-11-8-12(13(15)16)14-9-4-2/h1,12,14H,4-11H2,2H3. The van der Waals surface area contributed by atoms with Gasteiger partial charge in [-0.1, -0.05) is 6.92 Å². The van der Waals surface area contributed by atoms with E-state index in [0.29, 0.717) is 0 Å². The van der Waals surface area contributed by atoms with E-state index in [2.05, 4.69) is 18.2 Å². The van der Waals surface area contributed by atoms with Gasteiger partial charge in [0.05, 0.1) is 6.04 Å². The fourth-order valence-electron chi connectivity index (χ4n) is 2.00. The summed E-state index contributed by atoms with van der Waals surface area (Å²) in [6.07, 6.45) is 10.1. The van der Waals surface area contributed by atoms with Gasteiger partial charge in [-0.2, -0.15) is 0 Å². The molecule has 16 heavy (non-hydrogen) atoms. The highest BCUT2D eigenvalue weighted by Gasteiger charge is 2.30. The van der Waals surface area contributed by atoms with Gasteiger partial charge in [0, 0.05) is 19.5 Å². The van der Waals surface area contributed by atoms with Gasteiger partial charge in [0.15, 0.2) is 0 Å². The molecule has 1 N–H and O–H groups in total. The molecule has 1 aliphatic rings. The lowest BCUT2D eigenvalue weighted by molar-refractivity contribution is -0.129. The number of likely N-dealkylation sites (tertiary alicyclic amines) is 1. The van der Waals surface area contributed by atoms with Crippen molar-refractivity contribution in [3.8, 4) is 12.3 Å². The maximum atomic E-state index is 11.9. The van der Waals surface area contributed by atoms with E-state index in [4.69, 9.17) is 6.42 Å². The minimum atomic E-state index is 0.0626. The molecule has 0 aromatic carbocycles. The molecule has 1 amide bonds. The van der Waals surface area contributed by atoms with Crippen molar-refractivity contribution >= 4 is 5.91 Å². The van der Waals surface area contributed by atoms with Crippen molar-refractivity contribution in [1.82, 2.24) is 10.2 Å². The molecular weight excluding hydrogens is 200 g/mol. The summed E-state index contributed by atoms with van der Waals surface area (Å²) in [7, 11) is 0. The number of hydrogen-bond donors (Lipinski definition) is 1. The molecule has 0 bridgehead atoms. The number of carbonyl (C=O) groups excluding carboxylic acids is 1. The van der Waals surface area contributed by atoms with Crippen molar-refractivity contribution in [1.29, 1.82) is 0 Å². The van der Waals surface area contributed by atoms with Gasteiger partial charge < -0.3 is 10.2 Å². The van der Waals surface area contributed by atoms with Crippen LogP contribution in [0.5, 0.6) is 0 Å². The second-order valence-electron chi connectivity index (χ2n) is 4.28. The largest absolute Gasteiger partial charge is 0.341 e. The van der Waals surface area contributed by atoms with Crippen molar-refractivity contribution < 1.29 is 4.79 Å². The molecule has 0 spiro atoms. The molecule has 3 heteroatoms. The molecule has 1 aliphatic heterocycles. The molecule has 3 nitrogen and oxygen atoms in total. The average molecular weight is 222 g/mol. The van der Waals surface area contributed by atoms with Gasteiger partial charge in [-0.25, -0.2) is 0 Å². The molecule has 0 aliphatic carbocycles. The van der Waals surface area contributed by atoms with E-state index >= 15 is 0 Å². The monoisotopic (exact) mass is 222 g/mol. The Morgan fingerprint density at radius 3 is 3.06 bits per heavy atom. The average Bonchev–Trinajstić information content (AvgIpc) is 2.64. The maximum absolute atomic E-state index is 11.9. The first-order chi connectivity index (χ1) is 7.79. The summed E-state index contributed by atoms with van der Waals surface area (Å²) in [5.41, 5.74) is 0. The topological polar surface area (TPSA) is 32.3 Å². The van der Waals surface area contributed by atoms with E-state index in [1.165, 1.54) is 0 Å². The summed E-state index contributed by atoms with van der Waals surface area (Å²) in [6, 6.07) is 0.0626. The molecule has 1 rings (SSSR count). The molecule has 1 saturated heterocycles. The molecule has 0 saturated carbocycles. The summed E-state index contributed by atoms with van der Waals surface area (Å²) in [5, 5.41) is 3.29. The fourth-order valence-corrected chi connectivity index (χ4v) is 2.00. The van der Waals surface area contributed by atoms with Crippen molar-refractivity contribution in [3.63, 3.8) is 0 Å². The van der Waals surface area contributed by atoms with Gasteiger partial charge in [0.1, 0.15) is 0 Å². The number of nitrogens with zero attached hydrogens (tertiary/aromatic N) is 1. The Kier molecular flexibility index (Phi) is 5.95. The maximum Gasteiger partial charge on any atom is 0.239 e. The minimum absolute atomic E-state index is 0.0626. The van der Waals surface area contributed by atoms with Crippen LogP contribution < -0.4 is 5.32 Å². The zero-order chi connectivity index (χ0) is 11.8. The Labute approximate surface area is 98.6 Å². The first-order valence-electron chi connectivity index (χ1n) is 6.25. The van der Waals surface area contributed by atoms with E-state index in [1.807, 2.05) is 4.90 Å². The summed E-state index contributed by atoms with van der Waals surface area (Å²) in [6.45, 7) is 4.81. The van der Waals surface area contributed by atoms with Crippen LogP contribution in [-0.2, 0) is 4.79 Å². The predicted molar refractivity (Wildman–Crippen MR) is 66.0 cm³/mol. The number of unbranched alkanes of at least 4 members (excludes halogenated alkanes) is 2. The van der Waals surface area contributed by atoms with Crippen LogP contribution >= 0.6 is 0 Å². The summed E-state index contributed by atoms with van der Waals surface area (Å²) >= 11 is 0. The zero-order valence-electron chi connectivity index (χ0n) is 10.2. The Morgan fingerprint density at radius 2 is 2.38 bits per heavy atom. The van der Waals surface area contributed by atoms with Gasteiger partial charge >= 0.3 is 0 Å². The van der Waals surface area contributed by atoms with E-state index in [1.54, 1.807) is 0 Å². The van der Waals surface area contributed by atoms with Crippen LogP contribution in [0.2, 0.25) is 0 Å². The van der Waals surface area contributed by atoms with Crippen LogP contribution in [0.3, 0.4) is 0 Å². The SMILES string of the molecule is C#CCCCCN1CCC(NCCC)C1=O. The third-order valence-corrected chi connectivity index (χ3v) is 2.94. The fraction of sp³-hybridized carbons (Fsp3) is 0.769. The van der Waals surface area contributed by atoms with Crippen LogP contribution in [0, 0.1) is 12.3 Å². The number of carbonyl (C=O) groups is 1. The molecule has 90 valence electrons. The third kappa shape index (κ3) is 3.86. The number of rotatable bonds is 7. The Bertz CT molecular complexity index is 257. The molecule has 1 atom stereocenters. The molecule has 0 aromatic rings. The Morgan fingerprint density at radius 1 is 1.56 bits per heavy atom. The highest BCUT2D eigenvalue weighted by Crippen LogP contribution is 2.12. The van der Waals surface area contributed by atoms with Gasteiger partial charge in [-0.15, -0.1) is 12.3 Å². The number of nitrogens with one attached hydrogen (secondary N) is 1. The smallest absolute Gasteiger partial charge is 0.239 e. The second kappa shape index (κ2) is 7.29. The third-order valence-electron chi connectivity index (χ3n) is 2.94. The van der Waals surface area contributed by atoms with Gasteiger partial charge in [-0.3, -0.25) is 4.79 Å². The quantitative estimate of drug-likeness (QED) is 0.521. The summed E-state index contributed by atoms with van der Waals surface area (Å²) in [4.78, 5) is 13.9. The lowest BCUT2D eigenvalue weighted by Crippen LogP contribution is -2.38. The lowest BCUT2D eigenvalue weighted by Gasteiger charge is -2.16. The molecule has 1 unspecified atom stereocenters. The summed E-state index contributed by atoms with van der Waals surface area (Å²) in [5.74, 6) is 2.90.